The molecule has 2 aromatic rings. The molecule has 0 N–H and O–H groups in total. The first-order valence-corrected chi connectivity index (χ1v) is 7.42. The normalized spacial score (nSPS) is 12.6. The van der Waals surface area contributed by atoms with E-state index in [1.165, 1.54) is 11.3 Å². The summed E-state index contributed by atoms with van der Waals surface area (Å²) in [5.74, 6) is 0. The summed E-state index contributed by atoms with van der Waals surface area (Å²) >= 11 is 3.77. The van der Waals surface area contributed by atoms with Crippen LogP contribution in [0.3, 0.4) is 0 Å². The minimum atomic E-state index is 0.420. The molecule has 0 aliphatic rings. The van der Waals surface area contributed by atoms with Crippen molar-refractivity contribution in [2.24, 2.45) is 0 Å². The van der Waals surface area contributed by atoms with Crippen LogP contribution in [0.15, 0.2) is 42.6 Å². The highest BCUT2D eigenvalue weighted by molar-refractivity contribution is 9.09. The van der Waals surface area contributed by atoms with E-state index in [0.717, 1.165) is 25.8 Å². The van der Waals surface area contributed by atoms with Crippen LogP contribution in [0.25, 0.3) is 0 Å². The molecule has 0 saturated carbocycles. The highest BCUT2D eigenvalue weighted by atomic mass is 79.9. The minimum Gasteiger partial charge on any atom is -0.270 e. The third-order valence-electron chi connectivity index (χ3n) is 3.06. The van der Waals surface area contributed by atoms with Gasteiger partial charge in [-0.25, -0.2) is 0 Å². The molecule has 1 unspecified atom stereocenters. The van der Waals surface area contributed by atoms with E-state index in [-0.39, 0.29) is 0 Å². The number of benzene rings is 1. The lowest BCUT2D eigenvalue weighted by atomic mass is 10.1. The summed E-state index contributed by atoms with van der Waals surface area (Å²) in [4.78, 5) is 0.420. The maximum absolute atomic E-state index is 4.36. The van der Waals surface area contributed by atoms with Crippen molar-refractivity contribution < 1.29 is 0 Å². The van der Waals surface area contributed by atoms with Crippen molar-refractivity contribution in [3.05, 3.63) is 53.9 Å². The van der Waals surface area contributed by atoms with Crippen LogP contribution in [0.1, 0.15) is 35.8 Å². The molecule has 3 heteroatoms. The van der Waals surface area contributed by atoms with Crippen LogP contribution in [0, 0.1) is 0 Å². The van der Waals surface area contributed by atoms with Crippen molar-refractivity contribution in [2.45, 2.75) is 37.6 Å². The molecule has 0 spiro atoms. The zero-order valence-corrected chi connectivity index (χ0v) is 12.3. The van der Waals surface area contributed by atoms with Crippen molar-refractivity contribution in [1.82, 2.24) is 9.78 Å². The van der Waals surface area contributed by atoms with Gasteiger partial charge >= 0.3 is 0 Å². The molecule has 0 amide bonds. The van der Waals surface area contributed by atoms with Gasteiger partial charge < -0.3 is 0 Å². The van der Waals surface area contributed by atoms with E-state index in [1.807, 2.05) is 6.20 Å². The van der Waals surface area contributed by atoms with Crippen molar-refractivity contribution in [2.75, 3.05) is 0 Å². The second-order valence-corrected chi connectivity index (χ2v) is 5.57. The van der Waals surface area contributed by atoms with Crippen molar-refractivity contribution in [1.29, 1.82) is 0 Å². The molecule has 2 rings (SSSR count). The molecule has 0 bridgehead atoms. The van der Waals surface area contributed by atoms with Crippen LogP contribution >= 0.6 is 15.9 Å². The Labute approximate surface area is 117 Å². The lowest BCUT2D eigenvalue weighted by Crippen LogP contribution is -2.05. The third-order valence-corrected chi connectivity index (χ3v) is 4.04. The zero-order chi connectivity index (χ0) is 12.8. The van der Waals surface area contributed by atoms with Gasteiger partial charge in [0.25, 0.3) is 0 Å². The summed E-state index contributed by atoms with van der Waals surface area (Å²) in [5.41, 5.74) is 2.68. The quantitative estimate of drug-likeness (QED) is 0.725. The second-order valence-electron chi connectivity index (χ2n) is 4.46. The van der Waals surface area contributed by atoms with Crippen LogP contribution in [0.5, 0.6) is 0 Å². The number of aromatic nitrogens is 2. The standard InChI is InChI=1S/C15H19BrN2/c1-2-12-18-14(10-11-17-18)8-9-15(16)13-6-4-3-5-7-13/h3-7,10-11,15H,2,8-9,12H2,1H3. The molecule has 0 saturated heterocycles. The lowest BCUT2D eigenvalue weighted by molar-refractivity contribution is 0.566. The summed E-state index contributed by atoms with van der Waals surface area (Å²) in [7, 11) is 0. The smallest absolute Gasteiger partial charge is 0.0492 e. The van der Waals surface area contributed by atoms with Crippen molar-refractivity contribution in [3.8, 4) is 0 Å². The first kappa shape index (κ1) is 13.3. The number of halogens is 1. The van der Waals surface area contributed by atoms with Gasteiger partial charge in [-0.1, -0.05) is 53.2 Å². The highest BCUT2D eigenvalue weighted by Gasteiger charge is 2.09. The molecule has 1 aromatic carbocycles. The Hall–Kier alpha value is -1.09. The fourth-order valence-electron chi connectivity index (χ4n) is 2.09. The monoisotopic (exact) mass is 306 g/mol. The molecular formula is C15H19BrN2. The maximum atomic E-state index is 4.36. The van der Waals surface area contributed by atoms with Crippen LogP contribution in [-0.4, -0.2) is 9.78 Å². The predicted octanol–water partition coefficient (Wildman–Crippen LogP) is 4.36. The van der Waals surface area contributed by atoms with E-state index in [2.05, 4.69) is 69.0 Å². The topological polar surface area (TPSA) is 17.8 Å². The van der Waals surface area contributed by atoms with E-state index >= 15 is 0 Å². The number of nitrogens with zero attached hydrogens (tertiary/aromatic N) is 2. The fraction of sp³-hybridized carbons (Fsp3) is 0.400. The molecule has 0 radical (unpaired) electrons. The molecule has 0 aliphatic carbocycles. The molecule has 1 atom stereocenters. The molecular weight excluding hydrogens is 288 g/mol. The van der Waals surface area contributed by atoms with Gasteiger partial charge in [0.1, 0.15) is 0 Å². The largest absolute Gasteiger partial charge is 0.270 e. The molecule has 0 aliphatic heterocycles. The Morgan fingerprint density at radius 1 is 1.22 bits per heavy atom. The first-order chi connectivity index (χ1) is 8.81. The number of rotatable bonds is 6. The lowest BCUT2D eigenvalue weighted by Gasteiger charge is -2.11. The summed E-state index contributed by atoms with van der Waals surface area (Å²) in [6.07, 6.45) is 5.19. The number of hydrogen-bond acceptors (Lipinski definition) is 1. The predicted molar refractivity (Wildman–Crippen MR) is 78.9 cm³/mol. The Bertz CT molecular complexity index is 464. The molecule has 0 fully saturated rings. The van der Waals surface area contributed by atoms with Gasteiger partial charge in [-0.2, -0.15) is 5.10 Å². The fourth-order valence-corrected chi connectivity index (χ4v) is 2.62. The summed E-state index contributed by atoms with van der Waals surface area (Å²) in [5, 5.41) is 4.36. The number of alkyl halides is 1. The van der Waals surface area contributed by atoms with Crippen molar-refractivity contribution in [3.63, 3.8) is 0 Å². The molecule has 1 aromatic heterocycles. The first-order valence-electron chi connectivity index (χ1n) is 6.51. The number of hydrogen-bond donors (Lipinski definition) is 0. The highest BCUT2D eigenvalue weighted by Crippen LogP contribution is 2.27. The van der Waals surface area contributed by atoms with Crippen LogP contribution in [0.2, 0.25) is 0 Å². The van der Waals surface area contributed by atoms with E-state index in [1.54, 1.807) is 0 Å². The molecule has 1 heterocycles. The second kappa shape index (κ2) is 6.74. The summed E-state index contributed by atoms with van der Waals surface area (Å²) < 4.78 is 2.12. The Kier molecular flexibility index (Phi) is 5.00. The maximum Gasteiger partial charge on any atom is 0.0492 e. The van der Waals surface area contributed by atoms with E-state index in [9.17, 15) is 0 Å². The number of aryl methyl sites for hydroxylation is 2. The van der Waals surface area contributed by atoms with Crippen LogP contribution in [-0.2, 0) is 13.0 Å². The average Bonchev–Trinajstić information content (AvgIpc) is 2.85. The Morgan fingerprint density at radius 3 is 2.72 bits per heavy atom. The van der Waals surface area contributed by atoms with Gasteiger partial charge in [-0.3, -0.25) is 4.68 Å². The summed E-state index contributed by atoms with van der Waals surface area (Å²) in [6.45, 7) is 3.20. The van der Waals surface area contributed by atoms with Gasteiger partial charge in [0, 0.05) is 23.3 Å². The van der Waals surface area contributed by atoms with E-state index in [4.69, 9.17) is 0 Å². The molecule has 96 valence electrons. The van der Waals surface area contributed by atoms with Gasteiger partial charge in [0.05, 0.1) is 0 Å². The van der Waals surface area contributed by atoms with Gasteiger partial charge in [0.2, 0.25) is 0 Å². The van der Waals surface area contributed by atoms with Crippen LogP contribution in [0.4, 0.5) is 0 Å². The van der Waals surface area contributed by atoms with Gasteiger partial charge in [0.15, 0.2) is 0 Å². The van der Waals surface area contributed by atoms with Crippen LogP contribution < -0.4 is 0 Å². The zero-order valence-electron chi connectivity index (χ0n) is 10.7. The molecule has 2 nitrogen and oxygen atoms in total. The Balaban J connectivity index is 1.93. The molecule has 18 heavy (non-hydrogen) atoms. The Morgan fingerprint density at radius 2 is 2.00 bits per heavy atom. The van der Waals surface area contributed by atoms with Crippen molar-refractivity contribution >= 4 is 15.9 Å². The summed E-state index contributed by atoms with van der Waals surface area (Å²) in [6, 6.07) is 12.7. The minimum absolute atomic E-state index is 0.420. The van der Waals surface area contributed by atoms with Gasteiger partial charge in [-0.05, 0) is 30.9 Å². The SMILES string of the molecule is CCCn1nccc1CCC(Br)c1ccccc1. The van der Waals surface area contributed by atoms with E-state index in [0.29, 0.717) is 4.83 Å². The van der Waals surface area contributed by atoms with E-state index < -0.39 is 0 Å². The average molecular weight is 307 g/mol. The third kappa shape index (κ3) is 3.45. The van der Waals surface area contributed by atoms with Gasteiger partial charge in [-0.15, -0.1) is 0 Å².